The fraction of sp³-hybridized carbons (Fsp3) is 0.188. The van der Waals surface area contributed by atoms with Crippen LogP contribution in [0.4, 0.5) is 4.79 Å². The van der Waals surface area contributed by atoms with E-state index < -0.39 is 6.09 Å². The maximum Gasteiger partial charge on any atom is 0.407 e. The highest BCUT2D eigenvalue weighted by Crippen LogP contribution is 2.02. The standard InChI is InChI=1S/C16H18N2O2/c1-18-12-6-10-15(18)9-5-11-17-16(19)20-13-14-7-3-2-4-8-14/h2-10,12H,11,13H2,1H3,(H,17,19). The summed E-state index contributed by atoms with van der Waals surface area (Å²) in [6, 6.07) is 13.6. The summed E-state index contributed by atoms with van der Waals surface area (Å²) in [6.45, 7) is 0.729. The van der Waals surface area contributed by atoms with Gasteiger partial charge in [0.1, 0.15) is 6.61 Å². The van der Waals surface area contributed by atoms with Gasteiger partial charge in [0.15, 0.2) is 0 Å². The third kappa shape index (κ3) is 4.31. The molecule has 104 valence electrons. The van der Waals surface area contributed by atoms with E-state index in [1.54, 1.807) is 0 Å². The Kier molecular flexibility index (Phi) is 5.00. The number of benzene rings is 1. The van der Waals surface area contributed by atoms with Gasteiger partial charge in [-0.2, -0.15) is 0 Å². The summed E-state index contributed by atoms with van der Waals surface area (Å²) in [6.07, 6.45) is 5.41. The van der Waals surface area contributed by atoms with E-state index in [9.17, 15) is 4.79 Å². The van der Waals surface area contributed by atoms with Crippen molar-refractivity contribution in [3.05, 3.63) is 66.0 Å². The van der Waals surface area contributed by atoms with E-state index in [0.717, 1.165) is 11.3 Å². The summed E-state index contributed by atoms with van der Waals surface area (Å²) in [7, 11) is 1.97. The van der Waals surface area contributed by atoms with Crippen LogP contribution in [0.15, 0.2) is 54.7 Å². The fourth-order valence-corrected chi connectivity index (χ4v) is 1.74. The molecule has 2 rings (SSSR count). The molecule has 0 aliphatic heterocycles. The molecule has 2 aromatic rings. The Morgan fingerprint density at radius 3 is 2.75 bits per heavy atom. The zero-order chi connectivity index (χ0) is 14.2. The van der Waals surface area contributed by atoms with Crippen LogP contribution in [0.1, 0.15) is 11.3 Å². The van der Waals surface area contributed by atoms with Crippen molar-refractivity contribution in [3.8, 4) is 0 Å². The highest BCUT2D eigenvalue weighted by Gasteiger charge is 2.00. The largest absolute Gasteiger partial charge is 0.445 e. The third-order valence-electron chi connectivity index (χ3n) is 2.85. The summed E-state index contributed by atoms with van der Waals surface area (Å²) in [5, 5.41) is 2.68. The minimum absolute atomic E-state index is 0.286. The van der Waals surface area contributed by atoms with Crippen molar-refractivity contribution < 1.29 is 9.53 Å². The topological polar surface area (TPSA) is 43.3 Å². The lowest BCUT2D eigenvalue weighted by Gasteiger charge is -2.05. The van der Waals surface area contributed by atoms with Crippen molar-refractivity contribution in [2.24, 2.45) is 7.05 Å². The first-order chi connectivity index (χ1) is 9.75. The van der Waals surface area contributed by atoms with Crippen molar-refractivity contribution in [1.82, 2.24) is 9.88 Å². The predicted molar refractivity (Wildman–Crippen MR) is 79.1 cm³/mol. The van der Waals surface area contributed by atoms with E-state index in [-0.39, 0.29) is 6.61 Å². The van der Waals surface area contributed by atoms with Crippen LogP contribution in [-0.2, 0) is 18.4 Å². The van der Waals surface area contributed by atoms with Gasteiger partial charge in [-0.05, 0) is 23.8 Å². The van der Waals surface area contributed by atoms with Crippen LogP contribution in [0, 0.1) is 0 Å². The number of ether oxygens (including phenoxy) is 1. The number of hydrogen-bond acceptors (Lipinski definition) is 2. The minimum Gasteiger partial charge on any atom is -0.445 e. The molecule has 4 nitrogen and oxygen atoms in total. The first-order valence-corrected chi connectivity index (χ1v) is 6.48. The van der Waals surface area contributed by atoms with Crippen molar-refractivity contribution in [1.29, 1.82) is 0 Å². The molecule has 0 unspecified atom stereocenters. The Hall–Kier alpha value is -2.49. The number of rotatable bonds is 5. The number of hydrogen-bond donors (Lipinski definition) is 1. The SMILES string of the molecule is Cn1cccc1C=CCNC(=O)OCc1ccccc1. The zero-order valence-electron chi connectivity index (χ0n) is 11.5. The zero-order valence-corrected chi connectivity index (χ0v) is 11.5. The van der Waals surface area contributed by atoms with Gasteiger partial charge in [0.25, 0.3) is 0 Å². The maximum absolute atomic E-state index is 11.5. The summed E-state index contributed by atoms with van der Waals surface area (Å²) in [5.74, 6) is 0. The van der Waals surface area contributed by atoms with Crippen molar-refractivity contribution in [2.45, 2.75) is 6.61 Å². The van der Waals surface area contributed by atoms with Gasteiger partial charge in [-0.1, -0.05) is 36.4 Å². The van der Waals surface area contributed by atoms with E-state index in [1.807, 2.05) is 72.4 Å². The van der Waals surface area contributed by atoms with E-state index in [1.165, 1.54) is 0 Å². The number of carbonyl (C=O) groups excluding carboxylic acids is 1. The van der Waals surface area contributed by atoms with Crippen LogP contribution in [0.3, 0.4) is 0 Å². The van der Waals surface area contributed by atoms with Crippen molar-refractivity contribution in [3.63, 3.8) is 0 Å². The van der Waals surface area contributed by atoms with Gasteiger partial charge in [-0.25, -0.2) is 4.79 Å². The molecule has 20 heavy (non-hydrogen) atoms. The number of aromatic nitrogens is 1. The number of nitrogens with zero attached hydrogens (tertiary/aromatic N) is 1. The summed E-state index contributed by atoms with van der Waals surface area (Å²) in [4.78, 5) is 11.5. The number of aryl methyl sites for hydroxylation is 1. The van der Waals surface area contributed by atoms with E-state index in [4.69, 9.17) is 4.74 Å². The quantitative estimate of drug-likeness (QED) is 0.907. The van der Waals surface area contributed by atoms with E-state index in [0.29, 0.717) is 6.54 Å². The minimum atomic E-state index is -0.412. The molecule has 1 aromatic carbocycles. The van der Waals surface area contributed by atoms with Crippen molar-refractivity contribution >= 4 is 12.2 Å². The predicted octanol–water partition coefficient (Wildman–Crippen LogP) is 2.96. The van der Waals surface area contributed by atoms with Gasteiger partial charge in [-0.15, -0.1) is 0 Å². The Morgan fingerprint density at radius 2 is 2.05 bits per heavy atom. The van der Waals surface area contributed by atoms with E-state index >= 15 is 0 Å². The highest BCUT2D eigenvalue weighted by molar-refractivity contribution is 5.67. The molecule has 1 amide bonds. The number of nitrogens with one attached hydrogen (secondary N) is 1. The Bertz CT molecular complexity index is 573. The Balaban J connectivity index is 1.68. The van der Waals surface area contributed by atoms with Gasteiger partial charge in [0.05, 0.1) is 0 Å². The average Bonchev–Trinajstić information content (AvgIpc) is 2.88. The summed E-state index contributed by atoms with van der Waals surface area (Å²) >= 11 is 0. The van der Waals surface area contributed by atoms with Gasteiger partial charge < -0.3 is 14.6 Å². The summed E-state index contributed by atoms with van der Waals surface area (Å²) in [5.41, 5.74) is 2.06. The Morgan fingerprint density at radius 1 is 1.25 bits per heavy atom. The van der Waals surface area contributed by atoms with Crippen LogP contribution in [0.25, 0.3) is 6.08 Å². The first kappa shape index (κ1) is 13.9. The second kappa shape index (κ2) is 7.19. The molecule has 0 atom stereocenters. The summed E-state index contributed by atoms with van der Waals surface area (Å²) < 4.78 is 7.10. The highest BCUT2D eigenvalue weighted by atomic mass is 16.5. The van der Waals surface area contributed by atoms with Crippen molar-refractivity contribution in [2.75, 3.05) is 6.54 Å². The normalized spacial score (nSPS) is 10.7. The lowest BCUT2D eigenvalue weighted by molar-refractivity contribution is 0.141. The second-order valence-electron chi connectivity index (χ2n) is 4.39. The molecule has 0 radical (unpaired) electrons. The molecule has 1 N–H and O–H groups in total. The average molecular weight is 270 g/mol. The monoisotopic (exact) mass is 270 g/mol. The van der Waals surface area contributed by atoms with Crippen LogP contribution < -0.4 is 5.32 Å². The van der Waals surface area contributed by atoms with Crippen LogP contribution >= 0.6 is 0 Å². The molecule has 1 heterocycles. The fourth-order valence-electron chi connectivity index (χ4n) is 1.74. The maximum atomic E-state index is 11.5. The molecule has 4 heteroatoms. The number of amides is 1. The first-order valence-electron chi connectivity index (χ1n) is 6.48. The Labute approximate surface area is 118 Å². The molecule has 0 fully saturated rings. The molecular formula is C16H18N2O2. The molecule has 0 saturated carbocycles. The lowest BCUT2D eigenvalue weighted by Crippen LogP contribution is -2.24. The van der Waals surface area contributed by atoms with E-state index in [2.05, 4.69) is 5.32 Å². The molecular weight excluding hydrogens is 252 g/mol. The lowest BCUT2D eigenvalue weighted by atomic mass is 10.2. The molecule has 0 aliphatic rings. The second-order valence-corrected chi connectivity index (χ2v) is 4.39. The van der Waals surface area contributed by atoms with Crippen LogP contribution in [-0.4, -0.2) is 17.2 Å². The van der Waals surface area contributed by atoms with Gasteiger partial charge in [0.2, 0.25) is 0 Å². The molecule has 0 spiro atoms. The van der Waals surface area contributed by atoms with Gasteiger partial charge >= 0.3 is 6.09 Å². The third-order valence-corrected chi connectivity index (χ3v) is 2.85. The number of alkyl carbamates (subject to hydrolysis) is 1. The number of carbonyl (C=O) groups is 1. The smallest absolute Gasteiger partial charge is 0.407 e. The van der Waals surface area contributed by atoms with Gasteiger partial charge in [-0.3, -0.25) is 0 Å². The molecule has 0 aliphatic carbocycles. The van der Waals surface area contributed by atoms with Gasteiger partial charge in [0, 0.05) is 25.5 Å². The molecule has 0 bridgehead atoms. The molecule has 0 saturated heterocycles. The molecule has 1 aromatic heterocycles. The van der Waals surface area contributed by atoms with Crippen LogP contribution in [0.2, 0.25) is 0 Å². The van der Waals surface area contributed by atoms with Crippen LogP contribution in [0.5, 0.6) is 0 Å².